The second kappa shape index (κ2) is 7.70. The summed E-state index contributed by atoms with van der Waals surface area (Å²) in [4.78, 5) is 2.19. The molecule has 0 heterocycles. The number of ether oxygens (including phenoxy) is 2. The number of rotatable bonds is 7. The van der Waals surface area contributed by atoms with Gasteiger partial charge in [-0.25, -0.2) is 0 Å². The first-order valence-electron chi connectivity index (χ1n) is 5.99. The molecule has 0 aromatic heterocycles. The van der Waals surface area contributed by atoms with Gasteiger partial charge in [-0.05, 0) is 38.2 Å². The summed E-state index contributed by atoms with van der Waals surface area (Å²) in [6.07, 6.45) is 0. The topological polar surface area (TPSA) is 45.5 Å². The van der Waals surface area contributed by atoms with Crippen LogP contribution in [0.1, 0.15) is 12.5 Å². The van der Waals surface area contributed by atoms with Gasteiger partial charge in [0.25, 0.3) is 0 Å². The first-order valence-corrected chi connectivity index (χ1v) is 5.99. The highest BCUT2D eigenvalue weighted by atomic mass is 16.5. The highest BCUT2D eigenvalue weighted by Gasteiger charge is 2.08. The molecule has 18 heavy (non-hydrogen) atoms. The van der Waals surface area contributed by atoms with Crippen LogP contribution in [0, 0.1) is 11.3 Å². The first-order chi connectivity index (χ1) is 8.67. The van der Waals surface area contributed by atoms with Crippen molar-refractivity contribution in [1.29, 1.82) is 5.26 Å². The fraction of sp³-hybridized carbons (Fsp3) is 0.500. The van der Waals surface area contributed by atoms with Gasteiger partial charge in [0.1, 0.15) is 12.4 Å². The van der Waals surface area contributed by atoms with Crippen LogP contribution in [0.4, 0.5) is 0 Å². The van der Waals surface area contributed by atoms with Crippen molar-refractivity contribution in [3.63, 3.8) is 0 Å². The van der Waals surface area contributed by atoms with Crippen LogP contribution in [-0.2, 0) is 4.74 Å². The Hall–Kier alpha value is -1.57. The first kappa shape index (κ1) is 14.5. The van der Waals surface area contributed by atoms with Gasteiger partial charge in [0.15, 0.2) is 0 Å². The summed E-state index contributed by atoms with van der Waals surface area (Å²) >= 11 is 0. The molecule has 4 nitrogen and oxygen atoms in total. The number of likely N-dealkylation sites (N-methyl/N-ethyl adjacent to an activating group) is 1. The molecule has 0 aliphatic heterocycles. The zero-order chi connectivity index (χ0) is 13.4. The van der Waals surface area contributed by atoms with Crippen LogP contribution in [0.5, 0.6) is 5.75 Å². The predicted molar refractivity (Wildman–Crippen MR) is 70.6 cm³/mol. The second-order valence-electron chi connectivity index (χ2n) is 4.27. The fourth-order valence-electron chi connectivity index (χ4n) is 1.52. The molecule has 0 amide bonds. The monoisotopic (exact) mass is 248 g/mol. The summed E-state index contributed by atoms with van der Waals surface area (Å²) in [6.45, 7) is 4.29. The molecule has 0 aliphatic rings. The zero-order valence-electron chi connectivity index (χ0n) is 11.2. The molecule has 0 spiro atoms. The molecule has 0 fully saturated rings. The lowest BCUT2D eigenvalue weighted by atomic mass is 10.2. The van der Waals surface area contributed by atoms with E-state index in [9.17, 15) is 0 Å². The van der Waals surface area contributed by atoms with E-state index < -0.39 is 0 Å². The van der Waals surface area contributed by atoms with Gasteiger partial charge in [0, 0.05) is 19.7 Å². The lowest BCUT2D eigenvalue weighted by molar-refractivity contribution is 0.105. The van der Waals surface area contributed by atoms with Crippen LogP contribution < -0.4 is 4.74 Å². The number of nitrogens with zero attached hydrogens (tertiary/aromatic N) is 2. The van der Waals surface area contributed by atoms with E-state index in [4.69, 9.17) is 14.7 Å². The number of benzene rings is 1. The molecule has 98 valence electrons. The maximum Gasteiger partial charge on any atom is 0.119 e. The normalized spacial score (nSPS) is 12.2. The molecule has 1 rings (SSSR count). The molecule has 0 aliphatic carbocycles. The van der Waals surface area contributed by atoms with Gasteiger partial charge in [-0.2, -0.15) is 5.26 Å². The van der Waals surface area contributed by atoms with Gasteiger partial charge >= 0.3 is 0 Å². The molecule has 1 unspecified atom stereocenters. The highest BCUT2D eigenvalue weighted by molar-refractivity contribution is 5.34. The second-order valence-corrected chi connectivity index (χ2v) is 4.27. The standard InChI is InChI=1S/C14H20N2O2/c1-12(11-17-3)16(2)8-9-18-14-6-4-13(10-15)5-7-14/h4-7,12H,8-9,11H2,1-3H3. The smallest absolute Gasteiger partial charge is 0.119 e. The van der Waals surface area contributed by atoms with E-state index in [1.165, 1.54) is 0 Å². The Kier molecular flexibility index (Phi) is 6.20. The van der Waals surface area contributed by atoms with Crippen molar-refractivity contribution in [1.82, 2.24) is 4.90 Å². The highest BCUT2D eigenvalue weighted by Crippen LogP contribution is 2.11. The van der Waals surface area contributed by atoms with E-state index in [0.717, 1.165) is 12.3 Å². The van der Waals surface area contributed by atoms with Crippen molar-refractivity contribution < 1.29 is 9.47 Å². The van der Waals surface area contributed by atoms with E-state index in [-0.39, 0.29) is 0 Å². The molecule has 0 saturated carbocycles. The van der Waals surface area contributed by atoms with Gasteiger partial charge < -0.3 is 9.47 Å². The van der Waals surface area contributed by atoms with E-state index in [2.05, 4.69) is 17.9 Å². The Morgan fingerprint density at radius 1 is 1.33 bits per heavy atom. The molecule has 0 saturated heterocycles. The van der Waals surface area contributed by atoms with Crippen LogP contribution in [0.15, 0.2) is 24.3 Å². The van der Waals surface area contributed by atoms with Gasteiger partial charge in [-0.15, -0.1) is 0 Å². The molecular formula is C14H20N2O2. The minimum atomic E-state index is 0.375. The van der Waals surface area contributed by atoms with Crippen molar-refractivity contribution in [2.24, 2.45) is 0 Å². The minimum absolute atomic E-state index is 0.375. The largest absolute Gasteiger partial charge is 0.492 e. The minimum Gasteiger partial charge on any atom is -0.492 e. The van der Waals surface area contributed by atoms with E-state index >= 15 is 0 Å². The van der Waals surface area contributed by atoms with Gasteiger partial charge in [0.2, 0.25) is 0 Å². The van der Waals surface area contributed by atoms with Gasteiger partial charge in [0.05, 0.1) is 18.2 Å². The molecule has 1 aromatic carbocycles. The van der Waals surface area contributed by atoms with Crippen molar-refractivity contribution in [2.45, 2.75) is 13.0 Å². The summed E-state index contributed by atoms with van der Waals surface area (Å²) in [6, 6.07) is 9.60. The quantitative estimate of drug-likeness (QED) is 0.739. The number of methoxy groups -OCH3 is 1. The van der Waals surface area contributed by atoms with E-state index in [0.29, 0.717) is 24.8 Å². The Morgan fingerprint density at radius 3 is 2.56 bits per heavy atom. The van der Waals surface area contributed by atoms with Crippen molar-refractivity contribution >= 4 is 0 Å². The maximum atomic E-state index is 8.68. The third kappa shape index (κ3) is 4.74. The molecule has 0 bridgehead atoms. The molecular weight excluding hydrogens is 228 g/mol. The molecule has 1 atom stereocenters. The van der Waals surface area contributed by atoms with Crippen LogP contribution >= 0.6 is 0 Å². The lowest BCUT2D eigenvalue weighted by Gasteiger charge is -2.23. The van der Waals surface area contributed by atoms with Crippen LogP contribution in [-0.4, -0.2) is 44.9 Å². The van der Waals surface area contributed by atoms with Gasteiger partial charge in [-0.3, -0.25) is 4.90 Å². The zero-order valence-corrected chi connectivity index (χ0v) is 11.2. The predicted octanol–water partition coefficient (Wildman–Crippen LogP) is 1.90. The van der Waals surface area contributed by atoms with Crippen LogP contribution in [0.25, 0.3) is 0 Å². The van der Waals surface area contributed by atoms with Crippen molar-refractivity contribution in [2.75, 3.05) is 33.9 Å². The summed E-state index contributed by atoms with van der Waals surface area (Å²) in [7, 11) is 3.75. The van der Waals surface area contributed by atoms with Gasteiger partial charge in [-0.1, -0.05) is 0 Å². The van der Waals surface area contributed by atoms with E-state index in [1.807, 2.05) is 19.2 Å². The summed E-state index contributed by atoms with van der Waals surface area (Å²) in [5.41, 5.74) is 0.646. The number of hydrogen-bond donors (Lipinski definition) is 0. The Balaban J connectivity index is 2.30. The summed E-state index contributed by atoms with van der Waals surface area (Å²) in [5, 5.41) is 8.68. The Labute approximate surface area is 109 Å². The Morgan fingerprint density at radius 2 is 2.00 bits per heavy atom. The average molecular weight is 248 g/mol. The third-order valence-corrected chi connectivity index (χ3v) is 2.86. The molecule has 0 N–H and O–H groups in total. The van der Waals surface area contributed by atoms with Crippen LogP contribution in [0.2, 0.25) is 0 Å². The average Bonchev–Trinajstić information content (AvgIpc) is 2.39. The van der Waals surface area contributed by atoms with Crippen molar-refractivity contribution in [3.05, 3.63) is 29.8 Å². The SMILES string of the molecule is COCC(C)N(C)CCOc1ccc(C#N)cc1. The molecule has 4 heteroatoms. The van der Waals surface area contributed by atoms with E-state index in [1.54, 1.807) is 19.2 Å². The third-order valence-electron chi connectivity index (χ3n) is 2.86. The summed E-state index contributed by atoms with van der Waals surface area (Å²) < 4.78 is 10.7. The number of nitriles is 1. The lowest BCUT2D eigenvalue weighted by Crippen LogP contribution is -2.35. The molecule has 1 aromatic rings. The Bertz CT molecular complexity index is 384. The number of hydrogen-bond acceptors (Lipinski definition) is 4. The fourth-order valence-corrected chi connectivity index (χ4v) is 1.52. The maximum absolute atomic E-state index is 8.68. The van der Waals surface area contributed by atoms with Crippen LogP contribution in [0.3, 0.4) is 0 Å². The van der Waals surface area contributed by atoms with Crippen molar-refractivity contribution in [3.8, 4) is 11.8 Å². The molecule has 0 radical (unpaired) electrons. The summed E-state index contributed by atoms with van der Waals surface area (Å²) in [5.74, 6) is 0.793.